The minimum absolute atomic E-state index is 0. The summed E-state index contributed by atoms with van der Waals surface area (Å²) in [5.74, 6) is 1.33. The number of oxazole rings is 1. The number of pyridine rings is 1. The Bertz CT molecular complexity index is 805. The molecule has 0 aliphatic rings. The van der Waals surface area contributed by atoms with Gasteiger partial charge in [-0.3, -0.25) is 4.98 Å². The van der Waals surface area contributed by atoms with E-state index >= 15 is 0 Å². The Balaban J connectivity index is 0.00000243. The number of rotatable bonds is 6. The van der Waals surface area contributed by atoms with Gasteiger partial charge in [-0.25, -0.2) is 9.98 Å². The number of guanidine groups is 1. The van der Waals surface area contributed by atoms with Gasteiger partial charge in [-0.1, -0.05) is 24.3 Å². The molecule has 26 heavy (non-hydrogen) atoms. The van der Waals surface area contributed by atoms with Gasteiger partial charge in [0.2, 0.25) is 5.89 Å². The van der Waals surface area contributed by atoms with E-state index in [1.807, 2.05) is 55.5 Å². The van der Waals surface area contributed by atoms with E-state index in [1.54, 1.807) is 12.5 Å². The van der Waals surface area contributed by atoms with Crippen molar-refractivity contribution in [2.24, 2.45) is 4.99 Å². The van der Waals surface area contributed by atoms with Crippen LogP contribution in [0.25, 0.3) is 11.5 Å². The Morgan fingerprint density at radius 1 is 1.04 bits per heavy atom. The molecule has 1 aromatic carbocycles. The Hall–Kier alpha value is -2.42. The number of hydrogen-bond acceptors (Lipinski definition) is 4. The Morgan fingerprint density at radius 3 is 2.58 bits per heavy atom. The second-order valence-corrected chi connectivity index (χ2v) is 5.38. The Morgan fingerprint density at radius 2 is 1.85 bits per heavy atom. The van der Waals surface area contributed by atoms with Crippen molar-refractivity contribution in [1.82, 2.24) is 20.6 Å². The fraction of sp³-hybridized carbons (Fsp3) is 0.211. The van der Waals surface area contributed by atoms with Gasteiger partial charge in [-0.15, -0.1) is 24.0 Å². The maximum absolute atomic E-state index is 5.54. The number of halogens is 1. The van der Waals surface area contributed by atoms with Gasteiger partial charge in [0.25, 0.3) is 0 Å². The zero-order chi connectivity index (χ0) is 17.3. The van der Waals surface area contributed by atoms with Crippen LogP contribution in [0.5, 0.6) is 0 Å². The van der Waals surface area contributed by atoms with Crippen molar-refractivity contribution in [2.45, 2.75) is 20.0 Å². The van der Waals surface area contributed by atoms with E-state index in [9.17, 15) is 0 Å². The molecule has 2 aromatic heterocycles. The van der Waals surface area contributed by atoms with E-state index in [2.05, 4.69) is 25.6 Å². The van der Waals surface area contributed by atoms with Gasteiger partial charge >= 0.3 is 0 Å². The van der Waals surface area contributed by atoms with Gasteiger partial charge in [0.15, 0.2) is 5.96 Å². The van der Waals surface area contributed by atoms with Gasteiger partial charge in [-0.05, 0) is 31.2 Å². The van der Waals surface area contributed by atoms with Crippen LogP contribution in [0.2, 0.25) is 0 Å². The molecule has 0 saturated carbocycles. The zero-order valence-corrected chi connectivity index (χ0v) is 16.9. The molecule has 0 saturated heterocycles. The lowest BCUT2D eigenvalue weighted by Crippen LogP contribution is -2.37. The first kappa shape index (κ1) is 19.9. The molecule has 0 radical (unpaired) electrons. The maximum atomic E-state index is 5.54. The maximum Gasteiger partial charge on any atom is 0.226 e. The fourth-order valence-electron chi connectivity index (χ4n) is 2.27. The first-order valence-corrected chi connectivity index (χ1v) is 8.27. The van der Waals surface area contributed by atoms with Gasteiger partial charge in [0, 0.05) is 18.3 Å². The minimum Gasteiger partial charge on any atom is -0.444 e. The summed E-state index contributed by atoms with van der Waals surface area (Å²) in [5, 5.41) is 6.48. The third-order valence-electron chi connectivity index (χ3n) is 3.48. The van der Waals surface area contributed by atoms with Crippen molar-refractivity contribution in [2.75, 3.05) is 6.54 Å². The quantitative estimate of drug-likeness (QED) is 0.332. The Kier molecular flexibility index (Phi) is 8.07. The lowest BCUT2D eigenvalue weighted by atomic mass is 10.2. The topological polar surface area (TPSA) is 75.3 Å². The number of hydrogen-bond donors (Lipinski definition) is 2. The van der Waals surface area contributed by atoms with Crippen molar-refractivity contribution >= 4 is 29.9 Å². The van der Waals surface area contributed by atoms with Crippen LogP contribution in [-0.4, -0.2) is 22.5 Å². The van der Waals surface area contributed by atoms with Crippen LogP contribution in [0.4, 0.5) is 0 Å². The molecule has 0 bridgehead atoms. The molecule has 0 spiro atoms. The molecule has 0 atom stereocenters. The largest absolute Gasteiger partial charge is 0.444 e. The number of nitrogens with zero attached hydrogens (tertiary/aromatic N) is 3. The van der Waals surface area contributed by atoms with Crippen LogP contribution in [0.15, 0.2) is 70.4 Å². The molecule has 2 N–H and O–H groups in total. The summed E-state index contributed by atoms with van der Waals surface area (Å²) in [6.07, 6.45) is 3.43. The normalized spacial score (nSPS) is 10.9. The first-order valence-electron chi connectivity index (χ1n) is 8.27. The molecule has 0 fully saturated rings. The molecule has 2 heterocycles. The molecular formula is C19H22IN5O. The van der Waals surface area contributed by atoms with Crippen LogP contribution in [0, 0.1) is 0 Å². The number of benzene rings is 1. The number of nitrogens with one attached hydrogen (secondary N) is 2. The standard InChI is InChI=1S/C19H21N5O.HI/c1-2-20-19(22-12-16-10-6-7-11-21-16)23-13-17-14-25-18(24-17)15-8-4-3-5-9-15;/h3-11,14H,2,12-13H2,1H3,(H2,20,22,23);1H. The van der Waals surface area contributed by atoms with Gasteiger partial charge in [-0.2, -0.15) is 0 Å². The second kappa shape index (κ2) is 10.5. The average Bonchev–Trinajstić information content (AvgIpc) is 3.15. The van der Waals surface area contributed by atoms with Crippen molar-refractivity contribution in [3.05, 3.63) is 72.4 Å². The summed E-state index contributed by atoms with van der Waals surface area (Å²) in [7, 11) is 0. The molecule has 3 aromatic rings. The van der Waals surface area contributed by atoms with E-state index in [1.165, 1.54) is 0 Å². The molecule has 0 aliphatic heterocycles. The second-order valence-electron chi connectivity index (χ2n) is 5.38. The van der Waals surface area contributed by atoms with Crippen LogP contribution >= 0.6 is 24.0 Å². The third-order valence-corrected chi connectivity index (χ3v) is 3.48. The molecule has 6 nitrogen and oxygen atoms in total. The van der Waals surface area contributed by atoms with E-state index in [0.717, 1.165) is 29.5 Å². The molecule has 3 rings (SSSR count). The Labute approximate surface area is 170 Å². The summed E-state index contributed by atoms with van der Waals surface area (Å²) in [6.45, 7) is 3.86. The lowest BCUT2D eigenvalue weighted by molar-refractivity contribution is 0.572. The SMILES string of the molecule is CCNC(=NCc1coc(-c2ccccc2)n1)NCc1ccccn1.I. The summed E-state index contributed by atoms with van der Waals surface area (Å²) in [6, 6.07) is 15.7. The smallest absolute Gasteiger partial charge is 0.226 e. The summed E-state index contributed by atoms with van der Waals surface area (Å²) >= 11 is 0. The molecule has 7 heteroatoms. The van der Waals surface area contributed by atoms with Crippen molar-refractivity contribution in [3.8, 4) is 11.5 Å². The van der Waals surface area contributed by atoms with Gasteiger partial charge in [0.1, 0.15) is 12.0 Å². The highest BCUT2D eigenvalue weighted by atomic mass is 127. The van der Waals surface area contributed by atoms with E-state index in [4.69, 9.17) is 4.42 Å². The van der Waals surface area contributed by atoms with Gasteiger partial charge < -0.3 is 15.1 Å². The van der Waals surface area contributed by atoms with Crippen LogP contribution in [0.1, 0.15) is 18.3 Å². The highest BCUT2D eigenvalue weighted by Crippen LogP contribution is 2.18. The zero-order valence-electron chi connectivity index (χ0n) is 14.6. The highest BCUT2D eigenvalue weighted by molar-refractivity contribution is 14.0. The minimum atomic E-state index is 0. The van der Waals surface area contributed by atoms with Crippen molar-refractivity contribution < 1.29 is 4.42 Å². The fourth-order valence-corrected chi connectivity index (χ4v) is 2.27. The molecule has 0 amide bonds. The van der Waals surface area contributed by atoms with E-state index in [-0.39, 0.29) is 24.0 Å². The molecule has 136 valence electrons. The van der Waals surface area contributed by atoms with Crippen LogP contribution in [-0.2, 0) is 13.1 Å². The average molecular weight is 463 g/mol. The monoisotopic (exact) mass is 463 g/mol. The summed E-state index contributed by atoms with van der Waals surface area (Å²) in [4.78, 5) is 13.3. The number of aliphatic imine (C=N–C) groups is 1. The van der Waals surface area contributed by atoms with Gasteiger partial charge in [0.05, 0.1) is 18.8 Å². The summed E-state index contributed by atoms with van der Waals surface area (Å²) < 4.78 is 5.54. The van der Waals surface area contributed by atoms with Crippen LogP contribution in [0.3, 0.4) is 0 Å². The highest BCUT2D eigenvalue weighted by Gasteiger charge is 2.06. The van der Waals surface area contributed by atoms with Crippen LogP contribution < -0.4 is 10.6 Å². The predicted molar refractivity (Wildman–Crippen MR) is 113 cm³/mol. The number of aromatic nitrogens is 2. The van der Waals surface area contributed by atoms with Crippen molar-refractivity contribution in [1.29, 1.82) is 0 Å². The third kappa shape index (κ3) is 5.83. The molecule has 0 aliphatic carbocycles. The molecule has 0 unspecified atom stereocenters. The lowest BCUT2D eigenvalue weighted by Gasteiger charge is -2.10. The first-order chi connectivity index (χ1) is 12.3. The predicted octanol–water partition coefficient (Wildman–Crippen LogP) is 3.61. The van der Waals surface area contributed by atoms with E-state index in [0.29, 0.717) is 19.0 Å². The van der Waals surface area contributed by atoms with E-state index < -0.39 is 0 Å². The molecular weight excluding hydrogens is 441 g/mol. The summed E-state index contributed by atoms with van der Waals surface area (Å²) in [5.41, 5.74) is 2.70. The van der Waals surface area contributed by atoms with Crippen molar-refractivity contribution in [3.63, 3.8) is 0 Å².